The molecule has 4 heteroatoms. The second-order valence-corrected chi connectivity index (χ2v) is 10.1. The molecule has 2 aromatic rings. The minimum Gasteiger partial charge on any atom is -0.338 e. The van der Waals surface area contributed by atoms with Crippen molar-refractivity contribution in [1.29, 1.82) is 0 Å². The Morgan fingerprint density at radius 3 is 2.55 bits per heavy atom. The molecule has 0 atom stereocenters. The second-order valence-electron chi connectivity index (χ2n) is 10.1. The summed E-state index contributed by atoms with van der Waals surface area (Å²) in [5.74, 6) is 1.19. The van der Waals surface area contributed by atoms with Gasteiger partial charge in [0.15, 0.2) is 0 Å². The summed E-state index contributed by atoms with van der Waals surface area (Å²) in [7, 11) is 0. The molecule has 0 radical (unpaired) electrons. The second kappa shape index (κ2) is 8.29. The van der Waals surface area contributed by atoms with Gasteiger partial charge in [0.1, 0.15) is 5.82 Å². The van der Waals surface area contributed by atoms with Crippen LogP contribution in [0.3, 0.4) is 0 Å². The van der Waals surface area contributed by atoms with Crippen LogP contribution in [0.25, 0.3) is 0 Å². The molecule has 6 rings (SSSR count). The quantitative estimate of drug-likeness (QED) is 0.516. The van der Waals surface area contributed by atoms with E-state index in [1.165, 1.54) is 51.4 Å². The highest BCUT2D eigenvalue weighted by molar-refractivity contribution is 6.01. The molecule has 1 amide bonds. The smallest absolute Gasteiger partial charge is 0.233 e. The lowest BCUT2D eigenvalue weighted by Gasteiger charge is -2.53. The van der Waals surface area contributed by atoms with E-state index in [1.807, 2.05) is 24.4 Å². The van der Waals surface area contributed by atoms with Crippen molar-refractivity contribution in [3.8, 4) is 0 Å². The Labute approximate surface area is 186 Å². The molecule has 1 aliphatic heterocycles. The Bertz CT molecular complexity index is 928. The highest BCUT2D eigenvalue weighted by atomic mass is 16.2. The number of carbonyl (C=O) groups is 1. The molecule has 1 N–H and O–H groups in total. The van der Waals surface area contributed by atoms with Crippen LogP contribution in [-0.2, 0) is 11.3 Å². The molecule has 0 spiro atoms. The molecule has 2 bridgehead atoms. The lowest BCUT2D eigenvalue weighted by atomic mass is 9.52. The molecule has 3 fully saturated rings. The van der Waals surface area contributed by atoms with Crippen LogP contribution in [0, 0.1) is 10.8 Å². The van der Waals surface area contributed by atoms with Crippen LogP contribution >= 0.6 is 0 Å². The van der Waals surface area contributed by atoms with Crippen molar-refractivity contribution in [2.75, 3.05) is 10.2 Å². The number of para-hydroxylation sites is 2. The van der Waals surface area contributed by atoms with Gasteiger partial charge in [0.25, 0.3) is 0 Å². The number of rotatable bonds is 6. The Morgan fingerprint density at radius 1 is 1.00 bits per heavy atom. The summed E-state index contributed by atoms with van der Waals surface area (Å²) >= 11 is 0. The molecule has 2 heterocycles. The van der Waals surface area contributed by atoms with E-state index in [1.54, 1.807) is 0 Å². The van der Waals surface area contributed by atoms with E-state index in [2.05, 4.69) is 40.3 Å². The monoisotopic (exact) mass is 417 g/mol. The maximum atomic E-state index is 14.1. The zero-order valence-electron chi connectivity index (χ0n) is 18.8. The zero-order chi connectivity index (χ0) is 21.3. The lowest BCUT2D eigenvalue weighted by Crippen LogP contribution is -2.51. The number of hydrogen-bond donors (Lipinski definition) is 1. The first-order valence-corrected chi connectivity index (χ1v) is 12.3. The molecule has 4 aliphatic rings. The Morgan fingerprint density at radius 2 is 1.77 bits per heavy atom. The van der Waals surface area contributed by atoms with Crippen LogP contribution in [0.4, 0.5) is 17.2 Å². The van der Waals surface area contributed by atoms with E-state index in [9.17, 15) is 4.79 Å². The summed E-state index contributed by atoms with van der Waals surface area (Å²) < 4.78 is 0. The Kier molecular flexibility index (Phi) is 5.49. The van der Waals surface area contributed by atoms with Gasteiger partial charge in [0.05, 0.1) is 17.9 Å². The first-order chi connectivity index (χ1) is 15.1. The van der Waals surface area contributed by atoms with Gasteiger partial charge in [-0.15, -0.1) is 0 Å². The largest absolute Gasteiger partial charge is 0.338 e. The normalized spacial score (nSPS) is 26.5. The fourth-order valence-electron chi connectivity index (χ4n) is 6.23. The molecule has 0 unspecified atom stereocenters. The van der Waals surface area contributed by atoms with Crippen LogP contribution in [0.1, 0.15) is 83.1 Å². The van der Waals surface area contributed by atoms with Gasteiger partial charge < -0.3 is 10.2 Å². The summed E-state index contributed by atoms with van der Waals surface area (Å²) in [4.78, 5) is 20.7. The first-order valence-electron chi connectivity index (χ1n) is 12.3. The topological polar surface area (TPSA) is 45.2 Å². The molecular weight excluding hydrogens is 382 g/mol. The molecular formula is C27H35N3O. The van der Waals surface area contributed by atoms with Crippen LogP contribution in [0.5, 0.6) is 0 Å². The summed E-state index contributed by atoms with van der Waals surface area (Å²) in [6.45, 7) is 2.88. The number of unbranched alkanes of at least 4 members (excludes halogenated alkanes) is 3. The van der Waals surface area contributed by atoms with Crippen molar-refractivity contribution in [2.45, 2.75) is 84.1 Å². The minimum atomic E-state index is -0.176. The molecule has 1 aromatic heterocycles. The van der Waals surface area contributed by atoms with Crippen LogP contribution < -0.4 is 10.2 Å². The average molecular weight is 418 g/mol. The van der Waals surface area contributed by atoms with Gasteiger partial charge >= 0.3 is 0 Å². The van der Waals surface area contributed by atoms with Gasteiger partial charge in [-0.1, -0.05) is 50.8 Å². The number of hydrogen-bond acceptors (Lipinski definition) is 3. The third-order valence-corrected chi connectivity index (χ3v) is 8.33. The van der Waals surface area contributed by atoms with Gasteiger partial charge in [0.2, 0.25) is 5.91 Å². The van der Waals surface area contributed by atoms with Crippen LogP contribution in [0.2, 0.25) is 0 Å². The summed E-state index contributed by atoms with van der Waals surface area (Å²) in [5.41, 5.74) is 3.39. The van der Waals surface area contributed by atoms with E-state index >= 15 is 0 Å². The van der Waals surface area contributed by atoms with Crippen molar-refractivity contribution in [3.05, 3.63) is 48.2 Å². The highest BCUT2D eigenvalue weighted by Gasteiger charge is 2.53. The van der Waals surface area contributed by atoms with Crippen molar-refractivity contribution in [3.63, 3.8) is 0 Å². The van der Waals surface area contributed by atoms with Gasteiger partial charge in [-0.05, 0) is 68.6 Å². The number of anilines is 3. The lowest BCUT2D eigenvalue weighted by molar-refractivity contribution is -0.138. The highest BCUT2D eigenvalue weighted by Crippen LogP contribution is 2.60. The van der Waals surface area contributed by atoms with Gasteiger partial charge in [-0.25, -0.2) is 4.98 Å². The summed E-state index contributed by atoms with van der Waals surface area (Å²) in [6.07, 6.45) is 15.5. The number of carbonyl (C=O) groups excluding carboxylic acids is 1. The minimum absolute atomic E-state index is 0.176. The first kappa shape index (κ1) is 20.5. The molecule has 4 nitrogen and oxygen atoms in total. The number of amides is 1. The number of nitrogens with one attached hydrogen (secondary N) is 1. The van der Waals surface area contributed by atoms with E-state index in [0.29, 0.717) is 17.9 Å². The molecule has 3 aliphatic carbocycles. The number of nitrogens with zero attached hydrogens (tertiary/aromatic N) is 2. The standard InChI is InChI=1S/C27H35N3O/c1-2-3-4-7-12-26-13-16-27(17-14-26,18-15-26)25(31)30-20-21-9-8-19-28-24(21)29-22-10-5-6-11-23(22)30/h5-6,8-11,19H,2-4,7,12-18,20H2,1H3,(H,28,29)/t26-,27-. The van der Waals surface area contributed by atoms with E-state index < -0.39 is 0 Å². The Balaban J connectivity index is 1.37. The number of pyridine rings is 1. The maximum Gasteiger partial charge on any atom is 0.233 e. The fraction of sp³-hybridized carbons (Fsp3) is 0.556. The van der Waals surface area contributed by atoms with E-state index in [-0.39, 0.29) is 5.41 Å². The molecule has 31 heavy (non-hydrogen) atoms. The van der Waals surface area contributed by atoms with Gasteiger partial charge in [-0.3, -0.25) is 4.79 Å². The maximum absolute atomic E-state index is 14.1. The van der Waals surface area contributed by atoms with Gasteiger partial charge in [-0.2, -0.15) is 0 Å². The van der Waals surface area contributed by atoms with Crippen molar-refractivity contribution in [2.24, 2.45) is 10.8 Å². The van der Waals surface area contributed by atoms with Crippen molar-refractivity contribution in [1.82, 2.24) is 4.98 Å². The number of benzene rings is 1. The molecule has 0 saturated heterocycles. The fourth-order valence-corrected chi connectivity index (χ4v) is 6.23. The third kappa shape index (κ3) is 3.75. The number of fused-ring (bicyclic) bond motifs is 5. The van der Waals surface area contributed by atoms with Gasteiger partial charge in [0, 0.05) is 17.2 Å². The van der Waals surface area contributed by atoms with Crippen molar-refractivity contribution >= 4 is 23.1 Å². The average Bonchev–Trinajstić information content (AvgIpc) is 2.99. The zero-order valence-corrected chi connectivity index (χ0v) is 18.8. The summed E-state index contributed by atoms with van der Waals surface area (Å²) in [6, 6.07) is 12.2. The third-order valence-electron chi connectivity index (χ3n) is 8.33. The van der Waals surface area contributed by atoms with Crippen LogP contribution in [-0.4, -0.2) is 10.9 Å². The molecule has 1 aromatic carbocycles. The number of aromatic nitrogens is 1. The predicted octanol–water partition coefficient (Wildman–Crippen LogP) is 6.98. The van der Waals surface area contributed by atoms with Crippen LogP contribution in [0.15, 0.2) is 42.6 Å². The summed E-state index contributed by atoms with van der Waals surface area (Å²) in [5, 5.41) is 3.47. The molecule has 164 valence electrons. The molecule has 3 saturated carbocycles. The Hall–Kier alpha value is -2.36. The van der Waals surface area contributed by atoms with Crippen molar-refractivity contribution < 1.29 is 4.79 Å². The van der Waals surface area contributed by atoms with E-state index in [0.717, 1.165) is 42.0 Å². The SMILES string of the molecule is CCCCCC[C@]12CC[C@](C(=O)N3Cc4cccnc4Nc4ccccc43)(CC1)CC2. The van der Waals surface area contributed by atoms with E-state index in [4.69, 9.17) is 0 Å². The predicted molar refractivity (Wildman–Crippen MR) is 126 cm³/mol.